The van der Waals surface area contributed by atoms with Crippen LogP contribution in [0.4, 0.5) is 11.4 Å². The molecule has 7 nitrogen and oxygen atoms in total. The molecule has 45 heavy (non-hydrogen) atoms. The van der Waals surface area contributed by atoms with E-state index in [1.807, 2.05) is 36.6 Å². The van der Waals surface area contributed by atoms with Crippen molar-refractivity contribution < 1.29 is 22.8 Å². The van der Waals surface area contributed by atoms with Crippen molar-refractivity contribution in [2.24, 2.45) is 0 Å². The van der Waals surface area contributed by atoms with Gasteiger partial charge in [-0.25, -0.2) is 8.42 Å². The molecule has 1 heterocycles. The lowest BCUT2D eigenvalue weighted by Crippen LogP contribution is -2.25. The number of fused-ring (bicyclic) bond motifs is 1. The lowest BCUT2D eigenvalue weighted by molar-refractivity contribution is 0.0982. The standard InChI is InChI=1S/C35H26N2O5S3/c1-2-22-9-11-23(12-10-22)35(40)37-25-15-19-27(20-16-25)45(41,42)26-17-13-24(14-18-26)36-31-32(38)28-6-3-4-7-29(28)33(39)34(31)44-30-8-5-21-43-30/h3-21,36H,2H2,1H3,(H,37,40). The third-order valence-electron chi connectivity index (χ3n) is 7.26. The first kappa shape index (κ1) is 30.3. The number of hydrogen-bond acceptors (Lipinski definition) is 8. The second-order valence-electron chi connectivity index (χ2n) is 10.1. The van der Waals surface area contributed by atoms with Crippen LogP contribution in [0.5, 0.6) is 0 Å². The fourth-order valence-electron chi connectivity index (χ4n) is 4.80. The Morgan fingerprint density at radius 2 is 1.33 bits per heavy atom. The largest absolute Gasteiger partial charge is 0.351 e. The molecule has 0 saturated heterocycles. The van der Waals surface area contributed by atoms with Gasteiger partial charge in [-0.2, -0.15) is 0 Å². The topological polar surface area (TPSA) is 109 Å². The summed E-state index contributed by atoms with van der Waals surface area (Å²) in [5.74, 6) is -0.851. The lowest BCUT2D eigenvalue weighted by atomic mass is 9.92. The second-order valence-corrected chi connectivity index (χ2v) is 14.3. The first-order chi connectivity index (χ1) is 21.7. The Balaban J connectivity index is 1.20. The van der Waals surface area contributed by atoms with E-state index in [0.717, 1.165) is 16.2 Å². The van der Waals surface area contributed by atoms with Crippen molar-refractivity contribution in [3.63, 3.8) is 0 Å². The minimum Gasteiger partial charge on any atom is -0.351 e. The SMILES string of the molecule is CCc1ccc(C(=O)Nc2ccc(S(=O)(=O)c3ccc(NC4=C(Sc5cccs5)C(=O)c5ccccc5C4=O)cc3)cc2)cc1. The summed E-state index contributed by atoms with van der Waals surface area (Å²) in [6.07, 6.45) is 0.876. The van der Waals surface area contributed by atoms with Crippen LogP contribution in [0.25, 0.3) is 0 Å². The Hall–Kier alpha value is -4.77. The smallest absolute Gasteiger partial charge is 0.255 e. The van der Waals surface area contributed by atoms with Crippen molar-refractivity contribution in [2.75, 3.05) is 10.6 Å². The van der Waals surface area contributed by atoms with E-state index in [9.17, 15) is 22.8 Å². The zero-order valence-electron chi connectivity index (χ0n) is 23.9. The third kappa shape index (κ3) is 6.26. The van der Waals surface area contributed by atoms with Gasteiger partial charge in [0.2, 0.25) is 21.4 Å². The number of nitrogens with one attached hydrogen (secondary N) is 2. The number of amides is 1. The molecule has 0 radical (unpaired) electrons. The highest BCUT2D eigenvalue weighted by molar-refractivity contribution is 8.05. The molecule has 0 unspecified atom stereocenters. The van der Waals surface area contributed by atoms with Gasteiger partial charge in [-0.15, -0.1) is 11.3 Å². The van der Waals surface area contributed by atoms with Gasteiger partial charge in [0.05, 0.1) is 18.9 Å². The molecule has 0 bridgehead atoms. The molecule has 10 heteroatoms. The molecule has 0 fully saturated rings. The van der Waals surface area contributed by atoms with Crippen molar-refractivity contribution in [1.82, 2.24) is 0 Å². The summed E-state index contributed by atoms with van der Waals surface area (Å²) in [5, 5.41) is 7.77. The quantitative estimate of drug-likeness (QED) is 0.167. The summed E-state index contributed by atoms with van der Waals surface area (Å²) in [4.78, 5) is 40.0. The van der Waals surface area contributed by atoms with E-state index < -0.39 is 9.84 Å². The highest BCUT2D eigenvalue weighted by atomic mass is 32.2. The minimum absolute atomic E-state index is 0.0550. The van der Waals surface area contributed by atoms with Gasteiger partial charge >= 0.3 is 0 Å². The molecule has 224 valence electrons. The van der Waals surface area contributed by atoms with Gasteiger partial charge < -0.3 is 10.6 Å². The molecule has 0 aliphatic heterocycles. The predicted octanol–water partition coefficient (Wildman–Crippen LogP) is 7.89. The van der Waals surface area contributed by atoms with Crippen molar-refractivity contribution in [3.05, 3.63) is 147 Å². The minimum atomic E-state index is -3.87. The molecule has 5 aromatic rings. The summed E-state index contributed by atoms with van der Waals surface area (Å²) < 4.78 is 27.7. The fourth-order valence-corrected chi connectivity index (χ4v) is 7.91. The Kier molecular flexibility index (Phi) is 8.53. The Morgan fingerprint density at radius 3 is 1.91 bits per heavy atom. The van der Waals surface area contributed by atoms with Gasteiger partial charge in [0.1, 0.15) is 5.70 Å². The van der Waals surface area contributed by atoms with E-state index in [-0.39, 0.29) is 37.9 Å². The molecule has 0 atom stereocenters. The number of hydrogen-bond donors (Lipinski definition) is 2. The van der Waals surface area contributed by atoms with E-state index in [4.69, 9.17) is 0 Å². The number of carbonyl (C=O) groups excluding carboxylic acids is 3. The second kappa shape index (κ2) is 12.7. The molecule has 1 aliphatic carbocycles. The lowest BCUT2D eigenvalue weighted by Gasteiger charge is -2.21. The van der Waals surface area contributed by atoms with E-state index >= 15 is 0 Å². The predicted molar refractivity (Wildman–Crippen MR) is 178 cm³/mol. The number of sulfone groups is 1. The fraction of sp³-hybridized carbons (Fsp3) is 0.0571. The van der Waals surface area contributed by atoms with Crippen LogP contribution in [0, 0.1) is 0 Å². The van der Waals surface area contributed by atoms with Crippen LogP contribution in [-0.4, -0.2) is 25.9 Å². The van der Waals surface area contributed by atoms with Crippen LogP contribution in [0.15, 0.2) is 139 Å². The number of thioether (sulfide) groups is 1. The van der Waals surface area contributed by atoms with Crippen LogP contribution in [0.2, 0.25) is 0 Å². The molecule has 0 saturated carbocycles. The number of rotatable bonds is 9. The average Bonchev–Trinajstić information content (AvgIpc) is 3.59. The number of thiophene rings is 1. The number of allylic oxidation sites excluding steroid dienone is 2. The first-order valence-electron chi connectivity index (χ1n) is 14.0. The number of anilines is 2. The van der Waals surface area contributed by atoms with Gasteiger partial charge in [-0.1, -0.05) is 61.2 Å². The molecule has 4 aromatic carbocycles. The average molecular weight is 651 g/mol. The van der Waals surface area contributed by atoms with E-state index in [1.165, 1.54) is 47.4 Å². The van der Waals surface area contributed by atoms with Gasteiger partial charge in [0.15, 0.2) is 0 Å². The van der Waals surface area contributed by atoms with Crippen molar-refractivity contribution in [3.8, 4) is 0 Å². The van der Waals surface area contributed by atoms with E-state index in [0.29, 0.717) is 28.1 Å². The van der Waals surface area contributed by atoms with Gasteiger partial charge in [0, 0.05) is 28.1 Å². The molecule has 0 spiro atoms. The summed E-state index contributed by atoms with van der Waals surface area (Å²) in [5.41, 5.74) is 3.37. The highest BCUT2D eigenvalue weighted by Crippen LogP contribution is 2.39. The Labute approximate surface area is 268 Å². The number of ketones is 2. The first-order valence-corrected chi connectivity index (χ1v) is 17.2. The number of carbonyl (C=O) groups is 3. The summed E-state index contributed by atoms with van der Waals surface area (Å²) in [6, 6.07) is 29.8. The molecule has 1 amide bonds. The summed E-state index contributed by atoms with van der Waals surface area (Å²) in [7, 11) is -3.87. The van der Waals surface area contributed by atoms with Crippen LogP contribution in [-0.2, 0) is 16.3 Å². The zero-order chi connectivity index (χ0) is 31.6. The zero-order valence-corrected chi connectivity index (χ0v) is 26.4. The maximum Gasteiger partial charge on any atom is 0.255 e. The molecule has 2 N–H and O–H groups in total. The molecule has 1 aliphatic rings. The Bertz CT molecular complexity index is 2050. The van der Waals surface area contributed by atoms with Crippen LogP contribution >= 0.6 is 23.1 Å². The van der Waals surface area contributed by atoms with E-state index in [1.54, 1.807) is 60.7 Å². The Morgan fingerprint density at radius 1 is 0.733 bits per heavy atom. The molecule has 6 rings (SSSR count). The maximum atomic E-state index is 13.5. The highest BCUT2D eigenvalue weighted by Gasteiger charge is 2.33. The summed E-state index contributed by atoms with van der Waals surface area (Å²) in [6.45, 7) is 2.04. The monoisotopic (exact) mass is 650 g/mol. The maximum absolute atomic E-state index is 13.5. The molecular formula is C35H26N2O5S3. The van der Waals surface area contributed by atoms with Crippen molar-refractivity contribution >= 4 is 61.8 Å². The van der Waals surface area contributed by atoms with Crippen molar-refractivity contribution in [1.29, 1.82) is 0 Å². The van der Waals surface area contributed by atoms with Gasteiger partial charge in [-0.05, 0) is 84.1 Å². The molecule has 1 aromatic heterocycles. The van der Waals surface area contributed by atoms with Crippen LogP contribution in [0.3, 0.4) is 0 Å². The number of aryl methyl sites for hydroxylation is 1. The van der Waals surface area contributed by atoms with Gasteiger partial charge in [0.25, 0.3) is 5.91 Å². The number of benzene rings is 4. The summed E-state index contributed by atoms with van der Waals surface area (Å²) >= 11 is 2.69. The normalized spacial score (nSPS) is 13.0. The van der Waals surface area contributed by atoms with Crippen LogP contribution < -0.4 is 10.6 Å². The van der Waals surface area contributed by atoms with E-state index in [2.05, 4.69) is 10.6 Å². The molecular weight excluding hydrogens is 625 g/mol. The third-order valence-corrected chi connectivity index (χ3v) is 11.2. The van der Waals surface area contributed by atoms with Crippen LogP contribution in [0.1, 0.15) is 43.6 Å². The number of Topliss-reactive ketones (excluding diaryl/α,β-unsaturated/α-hetero) is 2. The van der Waals surface area contributed by atoms with Crippen molar-refractivity contribution in [2.45, 2.75) is 27.3 Å². The van der Waals surface area contributed by atoms with Gasteiger partial charge in [-0.3, -0.25) is 14.4 Å².